The lowest BCUT2D eigenvalue weighted by Crippen LogP contribution is -2.24. The van der Waals surface area contributed by atoms with E-state index in [0.717, 1.165) is 0 Å². The Labute approximate surface area is 120 Å². The van der Waals surface area contributed by atoms with Crippen LogP contribution in [0.25, 0.3) is 11.0 Å². The predicted octanol–water partition coefficient (Wildman–Crippen LogP) is -0.579. The molecule has 0 radical (unpaired) electrons. The Hall–Kier alpha value is -2.21. The van der Waals surface area contributed by atoms with Gasteiger partial charge in [0.25, 0.3) is 0 Å². The van der Waals surface area contributed by atoms with E-state index < -0.39 is 18.4 Å². The molecule has 0 aliphatic carbocycles. The molecule has 4 N–H and O–H groups in total. The highest BCUT2D eigenvalue weighted by atomic mass is 16.5. The molecule has 2 aromatic heterocycles. The van der Waals surface area contributed by atoms with Gasteiger partial charge in [0.15, 0.2) is 11.9 Å². The van der Waals surface area contributed by atoms with Crippen molar-refractivity contribution in [1.82, 2.24) is 19.7 Å². The van der Waals surface area contributed by atoms with Crippen molar-refractivity contribution in [3.05, 3.63) is 12.0 Å². The van der Waals surface area contributed by atoms with E-state index in [1.165, 1.54) is 11.0 Å². The molecule has 1 fully saturated rings. The summed E-state index contributed by atoms with van der Waals surface area (Å²) in [6, 6.07) is 0. The Kier molecular flexibility index (Phi) is 3.47. The number of ether oxygens (including phenoxy) is 1. The van der Waals surface area contributed by atoms with E-state index >= 15 is 0 Å². The van der Waals surface area contributed by atoms with Gasteiger partial charge in [-0.25, -0.2) is 14.6 Å². The second-order valence-electron chi connectivity index (χ2n) is 4.74. The van der Waals surface area contributed by atoms with Gasteiger partial charge in [-0.2, -0.15) is 5.10 Å². The zero-order chi connectivity index (χ0) is 15.0. The number of rotatable bonds is 2. The first kappa shape index (κ1) is 13.8. The largest absolute Gasteiger partial charge is 0.394 e. The van der Waals surface area contributed by atoms with Crippen LogP contribution in [0.15, 0.2) is 6.33 Å². The van der Waals surface area contributed by atoms with E-state index in [0.29, 0.717) is 29.0 Å². The fourth-order valence-electron chi connectivity index (χ4n) is 2.43. The minimum atomic E-state index is -0.751. The third-order valence-electron chi connectivity index (χ3n) is 3.42. The molecule has 3 heterocycles. The first-order valence-corrected chi connectivity index (χ1v) is 6.51. The van der Waals surface area contributed by atoms with E-state index in [9.17, 15) is 5.11 Å². The van der Waals surface area contributed by atoms with Crippen LogP contribution in [0.3, 0.4) is 0 Å². The van der Waals surface area contributed by atoms with Gasteiger partial charge in [0.2, 0.25) is 0 Å². The molecule has 0 saturated carbocycles. The summed E-state index contributed by atoms with van der Waals surface area (Å²) in [5, 5.41) is 23.9. The van der Waals surface area contributed by atoms with Crippen LogP contribution >= 0.6 is 0 Å². The van der Waals surface area contributed by atoms with Crippen molar-refractivity contribution in [3.63, 3.8) is 0 Å². The molecule has 21 heavy (non-hydrogen) atoms. The third kappa shape index (κ3) is 2.21. The van der Waals surface area contributed by atoms with Crippen LogP contribution in [0, 0.1) is 11.8 Å². The smallest absolute Gasteiger partial charge is 0.167 e. The monoisotopic (exact) mass is 289 g/mol. The maximum absolute atomic E-state index is 9.85. The molecular weight excluding hydrogens is 274 g/mol. The topological polar surface area (TPSA) is 119 Å². The number of hydrogen-bond donors (Lipinski definition) is 3. The van der Waals surface area contributed by atoms with E-state index in [4.69, 9.17) is 15.6 Å². The first-order chi connectivity index (χ1) is 10.2. The maximum Gasteiger partial charge on any atom is 0.167 e. The fourth-order valence-corrected chi connectivity index (χ4v) is 2.43. The van der Waals surface area contributed by atoms with Crippen LogP contribution in [0.5, 0.6) is 0 Å². The van der Waals surface area contributed by atoms with Crippen molar-refractivity contribution >= 4 is 16.9 Å². The summed E-state index contributed by atoms with van der Waals surface area (Å²) < 4.78 is 7.13. The number of nitrogens with two attached hydrogens (primary N) is 1. The van der Waals surface area contributed by atoms with Gasteiger partial charge in [0.1, 0.15) is 23.9 Å². The van der Waals surface area contributed by atoms with Gasteiger partial charge in [-0.3, -0.25) is 0 Å². The molecular formula is C13H15N5O3. The van der Waals surface area contributed by atoms with Crippen LogP contribution in [0.2, 0.25) is 0 Å². The van der Waals surface area contributed by atoms with Crippen molar-refractivity contribution in [2.24, 2.45) is 0 Å². The van der Waals surface area contributed by atoms with E-state index in [1.54, 1.807) is 6.92 Å². The summed E-state index contributed by atoms with van der Waals surface area (Å²) >= 11 is 0. The van der Waals surface area contributed by atoms with Crippen LogP contribution in [-0.4, -0.2) is 48.8 Å². The van der Waals surface area contributed by atoms with E-state index in [2.05, 4.69) is 26.9 Å². The second kappa shape index (κ2) is 5.29. The number of nitrogen functional groups attached to an aromatic ring is 1. The number of hydrogen-bond acceptors (Lipinski definition) is 7. The predicted molar refractivity (Wildman–Crippen MR) is 73.9 cm³/mol. The lowest BCUT2D eigenvalue weighted by molar-refractivity contribution is -0.0470. The van der Waals surface area contributed by atoms with Crippen molar-refractivity contribution in [3.8, 4) is 11.8 Å². The van der Waals surface area contributed by atoms with E-state index in [-0.39, 0.29) is 6.61 Å². The van der Waals surface area contributed by atoms with Gasteiger partial charge in [-0.05, 0) is 12.8 Å². The molecule has 2 unspecified atom stereocenters. The average Bonchev–Trinajstić information content (AvgIpc) is 3.01. The molecule has 1 saturated heterocycles. The highest BCUT2D eigenvalue weighted by Crippen LogP contribution is 2.32. The van der Waals surface area contributed by atoms with Gasteiger partial charge in [0.05, 0.1) is 18.1 Å². The lowest BCUT2D eigenvalue weighted by Gasteiger charge is -2.12. The van der Waals surface area contributed by atoms with Crippen LogP contribution in [0.1, 0.15) is 25.3 Å². The number of aliphatic hydroxyl groups is 2. The van der Waals surface area contributed by atoms with Gasteiger partial charge in [0, 0.05) is 6.42 Å². The Bertz CT molecular complexity index is 732. The Balaban J connectivity index is 2.11. The van der Waals surface area contributed by atoms with Gasteiger partial charge in [-0.15, -0.1) is 0 Å². The molecule has 0 spiro atoms. The molecule has 8 nitrogen and oxygen atoms in total. The fraction of sp³-hybridized carbons (Fsp3) is 0.462. The molecule has 3 atom stereocenters. The molecule has 3 rings (SSSR count). The minimum Gasteiger partial charge on any atom is -0.394 e. The SMILES string of the molecule is CC#Cc1nn([C@H]2CC(O)C(CO)O2)c2ncnc(N)c12. The lowest BCUT2D eigenvalue weighted by atomic mass is 10.2. The quantitative estimate of drug-likeness (QED) is 0.633. The Morgan fingerprint density at radius 3 is 3.00 bits per heavy atom. The number of aromatic nitrogens is 4. The van der Waals surface area contributed by atoms with Gasteiger partial charge < -0.3 is 20.7 Å². The highest BCUT2D eigenvalue weighted by molar-refractivity contribution is 5.90. The summed E-state index contributed by atoms with van der Waals surface area (Å²) in [4.78, 5) is 8.13. The maximum atomic E-state index is 9.85. The Morgan fingerprint density at radius 1 is 1.52 bits per heavy atom. The highest BCUT2D eigenvalue weighted by Gasteiger charge is 2.36. The molecule has 0 aromatic carbocycles. The summed E-state index contributed by atoms with van der Waals surface area (Å²) in [6.07, 6.45) is -0.256. The van der Waals surface area contributed by atoms with Crippen LogP contribution < -0.4 is 5.73 Å². The molecule has 8 heteroatoms. The molecule has 1 aliphatic heterocycles. The summed E-state index contributed by atoms with van der Waals surface area (Å²) in [5.74, 6) is 5.92. The zero-order valence-electron chi connectivity index (χ0n) is 11.4. The van der Waals surface area contributed by atoms with Crippen LogP contribution in [-0.2, 0) is 4.74 Å². The Morgan fingerprint density at radius 2 is 2.33 bits per heavy atom. The molecule has 1 aliphatic rings. The zero-order valence-corrected chi connectivity index (χ0v) is 11.4. The van der Waals surface area contributed by atoms with Crippen molar-refractivity contribution in [1.29, 1.82) is 0 Å². The standard InChI is InChI=1S/C13H15N5O3/c1-2-3-7-11-12(14)15-6-16-13(11)18(17-7)10-4-8(20)9(5-19)21-10/h6,8-10,19-20H,4-5H2,1H3,(H2,14,15,16)/t8?,9?,10-/m1/s1. The molecule has 2 aromatic rings. The number of fused-ring (bicyclic) bond motifs is 1. The molecule has 0 bridgehead atoms. The van der Waals surface area contributed by atoms with Crippen LogP contribution in [0.4, 0.5) is 5.82 Å². The van der Waals surface area contributed by atoms with Gasteiger partial charge in [-0.1, -0.05) is 5.92 Å². The third-order valence-corrected chi connectivity index (χ3v) is 3.42. The van der Waals surface area contributed by atoms with Crippen molar-refractivity contribution in [2.75, 3.05) is 12.3 Å². The normalized spacial score (nSPS) is 25.0. The first-order valence-electron chi connectivity index (χ1n) is 6.51. The number of aliphatic hydroxyl groups excluding tert-OH is 2. The number of nitrogens with zero attached hydrogens (tertiary/aromatic N) is 4. The molecule has 110 valence electrons. The van der Waals surface area contributed by atoms with E-state index in [1.807, 2.05) is 0 Å². The van der Waals surface area contributed by atoms with Gasteiger partial charge >= 0.3 is 0 Å². The minimum absolute atomic E-state index is 0.254. The van der Waals surface area contributed by atoms with Crippen molar-refractivity contribution < 1.29 is 14.9 Å². The average molecular weight is 289 g/mol. The molecule has 0 amide bonds. The summed E-state index contributed by atoms with van der Waals surface area (Å²) in [6.45, 7) is 1.44. The second-order valence-corrected chi connectivity index (χ2v) is 4.74. The van der Waals surface area contributed by atoms with Crippen molar-refractivity contribution in [2.45, 2.75) is 31.8 Å². The summed E-state index contributed by atoms with van der Waals surface area (Å²) in [5.41, 5.74) is 6.84. The number of anilines is 1. The summed E-state index contributed by atoms with van der Waals surface area (Å²) in [7, 11) is 0.